The summed E-state index contributed by atoms with van der Waals surface area (Å²) in [5.41, 5.74) is 0. The maximum Gasteiger partial charge on any atom is 0.304 e. The van der Waals surface area contributed by atoms with Crippen LogP contribution in [0.2, 0.25) is 0 Å². The topological polar surface area (TPSA) is 40.5 Å². The van der Waals surface area contributed by atoms with E-state index in [4.69, 9.17) is 5.11 Å². The van der Waals surface area contributed by atoms with Gasteiger partial charge in [0.05, 0.1) is 6.42 Å². The van der Waals surface area contributed by atoms with Crippen molar-refractivity contribution >= 4 is 33.2 Å². The van der Waals surface area contributed by atoms with Gasteiger partial charge in [0.15, 0.2) is 0 Å². The Morgan fingerprint density at radius 2 is 2.43 bits per heavy atom. The molecule has 0 aliphatic carbocycles. The number of hydrogen-bond acceptors (Lipinski definition) is 3. The third-order valence-electron chi connectivity index (χ3n) is 1.81. The number of carbonyl (C=O) groups is 1. The van der Waals surface area contributed by atoms with Crippen LogP contribution in [0, 0.1) is 0 Å². The van der Waals surface area contributed by atoms with E-state index in [0.29, 0.717) is 6.54 Å². The molecule has 1 heterocycles. The maximum absolute atomic E-state index is 10.3. The first-order valence-corrected chi connectivity index (χ1v) is 5.89. The van der Waals surface area contributed by atoms with Crippen LogP contribution in [0.15, 0.2) is 15.9 Å². The summed E-state index contributed by atoms with van der Waals surface area (Å²) in [4.78, 5) is 13.6. The summed E-state index contributed by atoms with van der Waals surface area (Å²) >= 11 is 5.12. The van der Waals surface area contributed by atoms with Crippen LogP contribution in [-0.2, 0) is 11.3 Å². The van der Waals surface area contributed by atoms with Crippen LogP contribution in [0.3, 0.4) is 0 Å². The summed E-state index contributed by atoms with van der Waals surface area (Å²) in [5, 5.41) is 10.5. The fourth-order valence-corrected chi connectivity index (χ4v) is 2.61. The predicted molar refractivity (Wildman–Crippen MR) is 60.6 cm³/mol. The highest BCUT2D eigenvalue weighted by Crippen LogP contribution is 2.23. The van der Waals surface area contributed by atoms with Gasteiger partial charge in [-0.05, 0) is 34.4 Å². The summed E-state index contributed by atoms with van der Waals surface area (Å²) in [7, 11) is 1.93. The van der Waals surface area contributed by atoms with Gasteiger partial charge in [-0.2, -0.15) is 0 Å². The second-order valence-electron chi connectivity index (χ2n) is 3.07. The quantitative estimate of drug-likeness (QED) is 0.899. The SMILES string of the molecule is CN(CCC(=O)O)Cc1sccc1Br. The highest BCUT2D eigenvalue weighted by molar-refractivity contribution is 9.10. The molecule has 3 nitrogen and oxygen atoms in total. The average molecular weight is 278 g/mol. The lowest BCUT2D eigenvalue weighted by atomic mass is 10.3. The van der Waals surface area contributed by atoms with Gasteiger partial charge in [-0.15, -0.1) is 11.3 Å². The molecule has 1 rings (SSSR count). The number of nitrogens with zero attached hydrogens (tertiary/aromatic N) is 1. The first-order chi connectivity index (χ1) is 6.59. The third kappa shape index (κ3) is 3.77. The van der Waals surface area contributed by atoms with Crippen molar-refractivity contribution in [2.75, 3.05) is 13.6 Å². The van der Waals surface area contributed by atoms with E-state index in [1.165, 1.54) is 4.88 Å². The molecular formula is C9H12BrNO2S. The van der Waals surface area contributed by atoms with E-state index in [2.05, 4.69) is 15.9 Å². The molecule has 14 heavy (non-hydrogen) atoms. The Labute approximate surface area is 95.5 Å². The second-order valence-corrected chi connectivity index (χ2v) is 4.93. The summed E-state index contributed by atoms with van der Waals surface area (Å²) in [6, 6.07) is 2.00. The number of hydrogen-bond donors (Lipinski definition) is 1. The molecule has 0 saturated heterocycles. The number of carboxylic acids is 1. The van der Waals surface area contributed by atoms with E-state index in [9.17, 15) is 4.79 Å². The minimum atomic E-state index is -0.748. The molecule has 0 unspecified atom stereocenters. The normalized spacial score (nSPS) is 10.8. The molecule has 0 aliphatic rings. The minimum absolute atomic E-state index is 0.194. The maximum atomic E-state index is 10.3. The van der Waals surface area contributed by atoms with Crippen molar-refractivity contribution in [3.05, 3.63) is 20.8 Å². The van der Waals surface area contributed by atoms with Gasteiger partial charge in [0.1, 0.15) is 0 Å². The minimum Gasteiger partial charge on any atom is -0.481 e. The van der Waals surface area contributed by atoms with Crippen molar-refractivity contribution in [1.29, 1.82) is 0 Å². The molecule has 0 fully saturated rings. The van der Waals surface area contributed by atoms with Crippen LogP contribution in [0.4, 0.5) is 0 Å². The highest BCUT2D eigenvalue weighted by atomic mass is 79.9. The van der Waals surface area contributed by atoms with Crippen molar-refractivity contribution in [2.24, 2.45) is 0 Å². The first kappa shape index (κ1) is 11.7. The molecule has 5 heteroatoms. The molecule has 0 aliphatic heterocycles. The zero-order valence-corrected chi connectivity index (χ0v) is 10.3. The van der Waals surface area contributed by atoms with Gasteiger partial charge >= 0.3 is 5.97 Å². The zero-order chi connectivity index (χ0) is 10.6. The summed E-state index contributed by atoms with van der Waals surface area (Å²) in [5.74, 6) is -0.748. The molecule has 0 spiro atoms. The molecule has 1 N–H and O–H groups in total. The van der Waals surface area contributed by atoms with Crippen LogP contribution in [0.1, 0.15) is 11.3 Å². The van der Waals surface area contributed by atoms with Crippen molar-refractivity contribution < 1.29 is 9.90 Å². The number of thiophene rings is 1. The Morgan fingerprint density at radius 1 is 1.71 bits per heavy atom. The van der Waals surface area contributed by atoms with Gasteiger partial charge < -0.3 is 10.0 Å². The van der Waals surface area contributed by atoms with Crippen LogP contribution in [0.5, 0.6) is 0 Å². The molecule has 1 aromatic rings. The highest BCUT2D eigenvalue weighted by Gasteiger charge is 2.06. The van der Waals surface area contributed by atoms with Gasteiger partial charge in [0, 0.05) is 22.4 Å². The van der Waals surface area contributed by atoms with E-state index in [1.807, 2.05) is 23.4 Å². The third-order valence-corrected chi connectivity index (χ3v) is 3.72. The van der Waals surface area contributed by atoms with Crippen molar-refractivity contribution in [2.45, 2.75) is 13.0 Å². The van der Waals surface area contributed by atoms with Crippen LogP contribution < -0.4 is 0 Å². The predicted octanol–water partition coefficient (Wildman–Crippen LogP) is 2.42. The lowest BCUT2D eigenvalue weighted by molar-refractivity contribution is -0.137. The van der Waals surface area contributed by atoms with E-state index < -0.39 is 5.97 Å². The van der Waals surface area contributed by atoms with Gasteiger partial charge in [-0.1, -0.05) is 0 Å². The number of aliphatic carboxylic acids is 1. The van der Waals surface area contributed by atoms with Crippen LogP contribution in [0.25, 0.3) is 0 Å². The molecule has 0 aromatic carbocycles. The van der Waals surface area contributed by atoms with Gasteiger partial charge in [0.2, 0.25) is 0 Å². The molecular weight excluding hydrogens is 266 g/mol. The number of carboxylic acid groups (broad SMARTS) is 1. The Hall–Kier alpha value is -0.390. The van der Waals surface area contributed by atoms with E-state index in [0.717, 1.165) is 11.0 Å². The Kier molecular flexibility index (Phi) is 4.57. The Bertz CT molecular complexity index is 314. The fraction of sp³-hybridized carbons (Fsp3) is 0.444. The average Bonchev–Trinajstić information content (AvgIpc) is 2.49. The molecule has 0 atom stereocenters. The molecule has 0 bridgehead atoms. The van der Waals surface area contributed by atoms with Crippen molar-refractivity contribution in [3.63, 3.8) is 0 Å². The van der Waals surface area contributed by atoms with Crippen molar-refractivity contribution in [1.82, 2.24) is 4.90 Å². The first-order valence-electron chi connectivity index (χ1n) is 4.22. The summed E-state index contributed by atoms with van der Waals surface area (Å²) < 4.78 is 1.10. The fourth-order valence-electron chi connectivity index (χ4n) is 1.05. The summed E-state index contributed by atoms with van der Waals surface area (Å²) in [6.07, 6.45) is 0.194. The Balaban J connectivity index is 2.37. The van der Waals surface area contributed by atoms with E-state index in [1.54, 1.807) is 11.3 Å². The molecule has 1 aromatic heterocycles. The standard InChI is InChI=1S/C9H12BrNO2S/c1-11(4-2-9(12)13)6-8-7(10)3-5-14-8/h3,5H,2,4,6H2,1H3,(H,12,13). The smallest absolute Gasteiger partial charge is 0.304 e. The number of rotatable bonds is 5. The van der Waals surface area contributed by atoms with E-state index >= 15 is 0 Å². The largest absolute Gasteiger partial charge is 0.481 e. The zero-order valence-electron chi connectivity index (χ0n) is 7.86. The number of halogens is 1. The van der Waals surface area contributed by atoms with Gasteiger partial charge in [-0.3, -0.25) is 4.79 Å². The summed E-state index contributed by atoms with van der Waals surface area (Å²) in [6.45, 7) is 1.38. The molecule has 0 amide bonds. The van der Waals surface area contributed by atoms with Crippen molar-refractivity contribution in [3.8, 4) is 0 Å². The second kappa shape index (κ2) is 5.48. The van der Waals surface area contributed by atoms with Gasteiger partial charge in [0.25, 0.3) is 0 Å². The van der Waals surface area contributed by atoms with Gasteiger partial charge in [-0.25, -0.2) is 0 Å². The lowest BCUT2D eigenvalue weighted by Crippen LogP contribution is -2.20. The molecule has 78 valence electrons. The van der Waals surface area contributed by atoms with Crippen LogP contribution in [-0.4, -0.2) is 29.6 Å². The van der Waals surface area contributed by atoms with Crippen LogP contribution >= 0.6 is 27.3 Å². The molecule has 0 radical (unpaired) electrons. The Morgan fingerprint density at radius 3 is 2.93 bits per heavy atom. The monoisotopic (exact) mass is 277 g/mol. The molecule has 0 saturated carbocycles. The lowest BCUT2D eigenvalue weighted by Gasteiger charge is -2.14. The van der Waals surface area contributed by atoms with E-state index in [-0.39, 0.29) is 6.42 Å².